The number of esters is 1. The second-order valence-corrected chi connectivity index (χ2v) is 9.40. The Morgan fingerprint density at radius 2 is 1.56 bits per heavy atom. The number of hydrogen-bond donors (Lipinski definition) is 2. The maximum absolute atomic E-state index is 12.3. The molecule has 2 rings (SSSR count). The van der Waals surface area contributed by atoms with Gasteiger partial charge in [-0.15, -0.1) is 0 Å². The minimum absolute atomic E-state index is 0.129. The van der Waals surface area contributed by atoms with E-state index in [-0.39, 0.29) is 17.2 Å². The maximum atomic E-state index is 12.3. The Morgan fingerprint density at radius 3 is 2.12 bits per heavy atom. The van der Waals surface area contributed by atoms with Gasteiger partial charge in [-0.3, -0.25) is 19.2 Å². The highest BCUT2D eigenvalue weighted by molar-refractivity contribution is 7.89. The molecule has 0 atom stereocenters. The first-order valence-corrected chi connectivity index (χ1v) is 11.8. The number of ketones is 1. The van der Waals surface area contributed by atoms with Crippen molar-refractivity contribution in [3.63, 3.8) is 0 Å². The fourth-order valence-electron chi connectivity index (χ4n) is 2.90. The lowest BCUT2D eigenvalue weighted by molar-refractivity contribution is -0.150. The van der Waals surface area contributed by atoms with Gasteiger partial charge >= 0.3 is 5.97 Å². The van der Waals surface area contributed by atoms with Gasteiger partial charge < -0.3 is 15.0 Å². The largest absolute Gasteiger partial charge is 0.455 e. The average Bonchev–Trinajstić information content (AvgIpc) is 2.78. The maximum Gasteiger partial charge on any atom is 0.321 e. The number of Topliss-reactive ketones (excluding diaryl/α,β-unsaturated/α-hetero) is 1. The molecule has 2 aromatic rings. The van der Waals surface area contributed by atoms with E-state index in [9.17, 15) is 27.6 Å². The van der Waals surface area contributed by atoms with Gasteiger partial charge in [-0.2, -0.15) is 4.72 Å². The molecular formula is C23H27N3O7S. The molecule has 0 aliphatic heterocycles. The van der Waals surface area contributed by atoms with Gasteiger partial charge in [0, 0.05) is 18.3 Å². The summed E-state index contributed by atoms with van der Waals surface area (Å²) in [4.78, 5) is 48.6. The molecule has 0 aliphatic carbocycles. The zero-order valence-electron chi connectivity index (χ0n) is 19.4. The number of carbonyl (C=O) groups excluding carboxylic acids is 4. The molecule has 0 saturated carbocycles. The van der Waals surface area contributed by atoms with Gasteiger partial charge in [-0.25, -0.2) is 8.42 Å². The molecule has 11 heteroatoms. The van der Waals surface area contributed by atoms with Gasteiger partial charge in [-0.1, -0.05) is 30.3 Å². The van der Waals surface area contributed by atoms with E-state index >= 15 is 0 Å². The first-order valence-electron chi connectivity index (χ1n) is 10.3. The minimum Gasteiger partial charge on any atom is -0.455 e. The zero-order valence-corrected chi connectivity index (χ0v) is 20.2. The van der Waals surface area contributed by atoms with Crippen LogP contribution in [0.2, 0.25) is 0 Å². The van der Waals surface area contributed by atoms with Crippen LogP contribution in [0.1, 0.15) is 28.4 Å². The Bertz CT molecular complexity index is 1170. The van der Waals surface area contributed by atoms with Gasteiger partial charge in [0.25, 0.3) is 5.91 Å². The molecule has 0 heterocycles. The summed E-state index contributed by atoms with van der Waals surface area (Å²) in [6.45, 7) is 3.46. The number of amides is 2. The number of anilines is 1. The summed E-state index contributed by atoms with van der Waals surface area (Å²) in [6, 6.07) is 10.8. The number of likely N-dealkylation sites (N-methyl/N-ethyl adjacent to an activating group) is 1. The summed E-state index contributed by atoms with van der Waals surface area (Å²) in [5.74, 6) is -2.22. The SMILES string of the molecule is CC(=O)c1ccc(S(=O)(=O)NCC(=O)OCC(=O)N(C)CC(=O)Nc2c(C)cccc2C)cc1. The fourth-order valence-corrected chi connectivity index (χ4v) is 3.87. The molecular weight excluding hydrogens is 462 g/mol. The Labute approximate surface area is 198 Å². The second-order valence-electron chi connectivity index (χ2n) is 7.63. The number of carbonyl (C=O) groups is 4. The van der Waals surface area contributed by atoms with Gasteiger partial charge in [-0.05, 0) is 44.0 Å². The summed E-state index contributed by atoms with van der Waals surface area (Å²) in [7, 11) is -2.63. The lowest BCUT2D eigenvalue weighted by Gasteiger charge is -2.18. The first kappa shape index (κ1) is 26.7. The number of ether oxygens (including phenoxy) is 1. The fraction of sp³-hybridized carbons (Fsp3) is 0.304. The number of nitrogens with one attached hydrogen (secondary N) is 2. The van der Waals surface area contributed by atoms with Crippen LogP contribution in [0.4, 0.5) is 5.69 Å². The Kier molecular flexibility index (Phi) is 9.04. The number of aryl methyl sites for hydroxylation is 2. The molecule has 2 amide bonds. The van der Waals surface area contributed by atoms with Crippen molar-refractivity contribution in [3.05, 3.63) is 59.2 Å². The van der Waals surface area contributed by atoms with E-state index in [1.54, 1.807) is 0 Å². The predicted octanol–water partition coefficient (Wildman–Crippen LogP) is 1.42. The third-order valence-corrected chi connectivity index (χ3v) is 6.30. The van der Waals surface area contributed by atoms with Crippen LogP contribution in [0.5, 0.6) is 0 Å². The first-order chi connectivity index (χ1) is 15.9. The van der Waals surface area contributed by atoms with Crippen molar-refractivity contribution in [3.8, 4) is 0 Å². The molecule has 0 bridgehead atoms. The van der Waals surface area contributed by atoms with Crippen molar-refractivity contribution in [2.45, 2.75) is 25.7 Å². The van der Waals surface area contributed by atoms with E-state index in [1.807, 2.05) is 32.0 Å². The molecule has 0 radical (unpaired) electrons. The number of para-hydroxylation sites is 1. The molecule has 0 aliphatic rings. The molecule has 0 spiro atoms. The molecule has 10 nitrogen and oxygen atoms in total. The van der Waals surface area contributed by atoms with Gasteiger partial charge in [0.05, 0.1) is 11.4 Å². The van der Waals surface area contributed by atoms with Gasteiger partial charge in [0.1, 0.15) is 6.54 Å². The number of hydrogen-bond acceptors (Lipinski definition) is 7. The molecule has 2 aromatic carbocycles. The van der Waals surface area contributed by atoms with E-state index in [2.05, 4.69) is 10.0 Å². The Morgan fingerprint density at radius 1 is 0.971 bits per heavy atom. The Hall–Kier alpha value is -3.57. The van der Waals surface area contributed by atoms with Crippen LogP contribution >= 0.6 is 0 Å². The van der Waals surface area contributed by atoms with Crippen LogP contribution in [-0.2, 0) is 29.1 Å². The molecule has 0 saturated heterocycles. The molecule has 0 fully saturated rings. The number of benzene rings is 2. The number of nitrogens with zero attached hydrogens (tertiary/aromatic N) is 1. The lowest BCUT2D eigenvalue weighted by atomic mass is 10.1. The highest BCUT2D eigenvalue weighted by Crippen LogP contribution is 2.19. The van der Waals surface area contributed by atoms with Crippen LogP contribution < -0.4 is 10.0 Å². The summed E-state index contributed by atoms with van der Waals surface area (Å²) in [5.41, 5.74) is 2.79. The van der Waals surface area contributed by atoms with Crippen LogP contribution in [0.25, 0.3) is 0 Å². The van der Waals surface area contributed by atoms with Crippen LogP contribution in [0.3, 0.4) is 0 Å². The van der Waals surface area contributed by atoms with Crippen molar-refractivity contribution in [1.29, 1.82) is 0 Å². The van der Waals surface area contributed by atoms with Crippen LogP contribution in [0, 0.1) is 13.8 Å². The monoisotopic (exact) mass is 489 g/mol. The van der Waals surface area contributed by atoms with Gasteiger partial charge in [0.15, 0.2) is 12.4 Å². The van der Waals surface area contributed by atoms with Crippen LogP contribution in [-0.4, -0.2) is 63.6 Å². The topological polar surface area (TPSA) is 139 Å². The van der Waals surface area contributed by atoms with Crippen molar-refractivity contribution in [2.24, 2.45) is 0 Å². The van der Waals surface area contributed by atoms with Crippen molar-refractivity contribution >= 4 is 39.3 Å². The van der Waals surface area contributed by atoms with Crippen LogP contribution in [0.15, 0.2) is 47.4 Å². The van der Waals surface area contributed by atoms with E-state index in [1.165, 1.54) is 38.2 Å². The molecule has 2 N–H and O–H groups in total. The second kappa shape index (κ2) is 11.5. The Balaban J connectivity index is 1.80. The van der Waals surface area contributed by atoms with E-state index in [4.69, 9.17) is 4.74 Å². The summed E-state index contributed by atoms with van der Waals surface area (Å²) >= 11 is 0. The normalized spacial score (nSPS) is 10.9. The highest BCUT2D eigenvalue weighted by atomic mass is 32.2. The third-order valence-electron chi connectivity index (χ3n) is 4.89. The number of sulfonamides is 1. The van der Waals surface area contributed by atoms with E-state index in [0.717, 1.165) is 16.0 Å². The quantitative estimate of drug-likeness (QED) is 0.380. The lowest BCUT2D eigenvalue weighted by Crippen LogP contribution is -2.38. The van der Waals surface area contributed by atoms with E-state index in [0.29, 0.717) is 11.3 Å². The zero-order chi connectivity index (χ0) is 25.5. The molecule has 0 aromatic heterocycles. The number of rotatable bonds is 10. The standard InChI is InChI=1S/C23H27N3O7S/c1-15-6-5-7-16(2)23(15)25-20(28)13-26(4)21(29)14-33-22(30)12-24-34(31,32)19-10-8-18(9-11-19)17(3)27/h5-11,24H,12-14H2,1-4H3,(H,25,28). The van der Waals surface area contributed by atoms with E-state index < -0.39 is 41.0 Å². The molecule has 182 valence electrons. The average molecular weight is 490 g/mol. The minimum atomic E-state index is -4.02. The van der Waals surface area contributed by atoms with Gasteiger partial charge in [0.2, 0.25) is 15.9 Å². The van der Waals surface area contributed by atoms with Crippen molar-refractivity contribution in [1.82, 2.24) is 9.62 Å². The summed E-state index contributed by atoms with van der Waals surface area (Å²) in [5, 5.41) is 2.76. The molecule has 0 unspecified atom stereocenters. The predicted molar refractivity (Wildman–Crippen MR) is 125 cm³/mol. The van der Waals surface area contributed by atoms with Crippen molar-refractivity contribution < 1.29 is 32.3 Å². The molecule has 34 heavy (non-hydrogen) atoms. The summed E-state index contributed by atoms with van der Waals surface area (Å²) in [6.07, 6.45) is 0. The highest BCUT2D eigenvalue weighted by Gasteiger charge is 2.19. The third kappa shape index (κ3) is 7.49. The van der Waals surface area contributed by atoms with Crippen molar-refractivity contribution in [2.75, 3.05) is 32.1 Å². The summed E-state index contributed by atoms with van der Waals surface area (Å²) < 4.78 is 31.4. The smallest absolute Gasteiger partial charge is 0.321 e.